The summed E-state index contributed by atoms with van der Waals surface area (Å²) in [5, 5.41) is 5.42. The van der Waals surface area contributed by atoms with Gasteiger partial charge in [0, 0.05) is 15.6 Å². The van der Waals surface area contributed by atoms with Gasteiger partial charge in [-0.25, -0.2) is 0 Å². The highest BCUT2D eigenvalue weighted by atomic mass is 35.5. The maximum absolute atomic E-state index is 12.1. The summed E-state index contributed by atoms with van der Waals surface area (Å²) < 4.78 is 0. The molecule has 19 heavy (non-hydrogen) atoms. The van der Waals surface area contributed by atoms with Crippen LogP contribution >= 0.6 is 22.9 Å². The number of anilines is 1. The summed E-state index contributed by atoms with van der Waals surface area (Å²) in [6.07, 6.45) is 0.966. The van der Waals surface area contributed by atoms with E-state index in [9.17, 15) is 4.79 Å². The van der Waals surface area contributed by atoms with Crippen LogP contribution in [0.1, 0.15) is 27.7 Å². The molecule has 3 nitrogen and oxygen atoms in total. The minimum atomic E-state index is -0.199. The standard InChI is InChI=1S/C14H15ClN2OS/c1-2-9-5-6-19-13(9)8-17-14(18)11-7-10(15)3-4-12(11)16/h3-7H,2,8,16H2,1H3,(H,17,18). The fraction of sp³-hybridized carbons (Fsp3) is 0.214. The average molecular weight is 295 g/mol. The summed E-state index contributed by atoms with van der Waals surface area (Å²) in [7, 11) is 0. The second-order valence-electron chi connectivity index (χ2n) is 4.14. The molecule has 0 saturated carbocycles. The number of carbonyl (C=O) groups excluding carboxylic acids is 1. The number of aryl methyl sites for hydroxylation is 1. The monoisotopic (exact) mass is 294 g/mol. The van der Waals surface area contributed by atoms with Crippen molar-refractivity contribution in [1.29, 1.82) is 0 Å². The van der Waals surface area contributed by atoms with Gasteiger partial charge in [0.05, 0.1) is 12.1 Å². The predicted octanol–water partition coefficient (Wildman–Crippen LogP) is 3.48. The van der Waals surface area contributed by atoms with E-state index in [0.29, 0.717) is 22.8 Å². The normalized spacial score (nSPS) is 10.4. The fourth-order valence-electron chi connectivity index (χ4n) is 1.82. The third-order valence-electron chi connectivity index (χ3n) is 2.89. The average Bonchev–Trinajstić information content (AvgIpc) is 2.86. The van der Waals surface area contributed by atoms with E-state index in [0.717, 1.165) is 6.42 Å². The molecule has 1 amide bonds. The predicted molar refractivity (Wildman–Crippen MR) is 80.7 cm³/mol. The number of hydrogen-bond acceptors (Lipinski definition) is 3. The molecule has 0 spiro atoms. The first-order valence-electron chi connectivity index (χ1n) is 6.00. The zero-order valence-corrected chi connectivity index (χ0v) is 12.1. The summed E-state index contributed by atoms with van der Waals surface area (Å²) >= 11 is 7.52. The van der Waals surface area contributed by atoms with E-state index in [-0.39, 0.29) is 5.91 Å². The van der Waals surface area contributed by atoms with E-state index in [1.54, 1.807) is 29.5 Å². The molecule has 0 aliphatic carbocycles. The maximum Gasteiger partial charge on any atom is 0.253 e. The van der Waals surface area contributed by atoms with E-state index in [1.807, 2.05) is 5.38 Å². The van der Waals surface area contributed by atoms with Crippen LogP contribution in [0.2, 0.25) is 5.02 Å². The molecule has 1 aromatic carbocycles. The first kappa shape index (κ1) is 13.9. The molecule has 5 heteroatoms. The molecule has 0 saturated heterocycles. The second kappa shape index (κ2) is 6.08. The van der Waals surface area contributed by atoms with Gasteiger partial charge >= 0.3 is 0 Å². The number of amides is 1. The third-order valence-corrected chi connectivity index (χ3v) is 4.09. The summed E-state index contributed by atoms with van der Waals surface area (Å²) in [5.74, 6) is -0.199. The maximum atomic E-state index is 12.1. The zero-order valence-electron chi connectivity index (χ0n) is 10.6. The molecule has 0 radical (unpaired) electrons. The van der Waals surface area contributed by atoms with Crippen molar-refractivity contribution in [1.82, 2.24) is 5.32 Å². The van der Waals surface area contributed by atoms with Crippen molar-refractivity contribution in [2.45, 2.75) is 19.9 Å². The van der Waals surface area contributed by atoms with Gasteiger partial charge < -0.3 is 11.1 Å². The Bertz CT molecular complexity index is 595. The third kappa shape index (κ3) is 3.28. The minimum Gasteiger partial charge on any atom is -0.398 e. The summed E-state index contributed by atoms with van der Waals surface area (Å²) in [6.45, 7) is 2.62. The Hall–Kier alpha value is -1.52. The Kier molecular flexibility index (Phi) is 4.45. The summed E-state index contributed by atoms with van der Waals surface area (Å²) in [4.78, 5) is 13.2. The molecule has 0 aliphatic rings. The number of rotatable bonds is 4. The van der Waals surface area contributed by atoms with Crippen LogP contribution in [0.4, 0.5) is 5.69 Å². The molecular formula is C14H15ClN2OS. The van der Waals surface area contributed by atoms with Gasteiger partial charge in [-0.1, -0.05) is 18.5 Å². The number of nitrogens with two attached hydrogens (primary N) is 1. The van der Waals surface area contributed by atoms with Gasteiger partial charge in [-0.15, -0.1) is 11.3 Å². The van der Waals surface area contributed by atoms with Gasteiger partial charge in [0.15, 0.2) is 0 Å². The Labute approximate surface area is 121 Å². The summed E-state index contributed by atoms with van der Waals surface area (Å²) in [5.41, 5.74) is 7.90. The van der Waals surface area contributed by atoms with Gasteiger partial charge in [-0.2, -0.15) is 0 Å². The van der Waals surface area contributed by atoms with Crippen molar-refractivity contribution < 1.29 is 4.79 Å². The van der Waals surface area contributed by atoms with Crippen LogP contribution in [-0.2, 0) is 13.0 Å². The molecular weight excluding hydrogens is 280 g/mol. The molecule has 0 fully saturated rings. The molecule has 1 aromatic heterocycles. The van der Waals surface area contributed by atoms with Crippen molar-refractivity contribution in [3.05, 3.63) is 50.7 Å². The largest absolute Gasteiger partial charge is 0.398 e. The number of hydrogen-bond donors (Lipinski definition) is 2. The van der Waals surface area contributed by atoms with E-state index in [2.05, 4.69) is 18.3 Å². The Morgan fingerprint density at radius 1 is 1.42 bits per heavy atom. The lowest BCUT2D eigenvalue weighted by atomic mass is 10.1. The van der Waals surface area contributed by atoms with E-state index >= 15 is 0 Å². The van der Waals surface area contributed by atoms with Crippen LogP contribution in [0.25, 0.3) is 0 Å². The zero-order chi connectivity index (χ0) is 13.8. The van der Waals surface area contributed by atoms with E-state index < -0.39 is 0 Å². The van der Waals surface area contributed by atoms with Crippen LogP contribution in [-0.4, -0.2) is 5.91 Å². The number of carbonyl (C=O) groups is 1. The highest BCUT2D eigenvalue weighted by Gasteiger charge is 2.11. The topological polar surface area (TPSA) is 55.1 Å². The lowest BCUT2D eigenvalue weighted by Crippen LogP contribution is -2.23. The van der Waals surface area contributed by atoms with Crippen LogP contribution in [0.3, 0.4) is 0 Å². The number of benzene rings is 1. The smallest absolute Gasteiger partial charge is 0.253 e. The van der Waals surface area contributed by atoms with Crippen LogP contribution in [0, 0.1) is 0 Å². The lowest BCUT2D eigenvalue weighted by molar-refractivity contribution is 0.0952. The first-order valence-corrected chi connectivity index (χ1v) is 7.26. The Morgan fingerprint density at radius 2 is 2.21 bits per heavy atom. The number of halogens is 1. The second-order valence-corrected chi connectivity index (χ2v) is 5.57. The minimum absolute atomic E-state index is 0.199. The highest BCUT2D eigenvalue weighted by molar-refractivity contribution is 7.10. The van der Waals surface area contributed by atoms with Gasteiger partial charge in [-0.3, -0.25) is 4.79 Å². The Morgan fingerprint density at radius 3 is 2.95 bits per heavy atom. The van der Waals surface area contributed by atoms with Crippen LogP contribution in [0.5, 0.6) is 0 Å². The molecule has 1 heterocycles. The van der Waals surface area contributed by atoms with Crippen LogP contribution < -0.4 is 11.1 Å². The number of nitrogen functional groups attached to an aromatic ring is 1. The van der Waals surface area contributed by atoms with Gasteiger partial charge in [-0.05, 0) is 41.6 Å². The van der Waals surface area contributed by atoms with Crippen molar-refractivity contribution >= 4 is 34.5 Å². The molecule has 0 atom stereocenters. The van der Waals surface area contributed by atoms with Crippen molar-refractivity contribution in [2.24, 2.45) is 0 Å². The molecule has 0 aliphatic heterocycles. The molecule has 0 unspecified atom stereocenters. The Balaban J connectivity index is 2.07. The molecule has 2 rings (SSSR count). The van der Waals surface area contributed by atoms with E-state index in [4.69, 9.17) is 17.3 Å². The van der Waals surface area contributed by atoms with Gasteiger partial charge in [0.1, 0.15) is 0 Å². The van der Waals surface area contributed by atoms with Gasteiger partial charge in [0.2, 0.25) is 0 Å². The summed E-state index contributed by atoms with van der Waals surface area (Å²) in [6, 6.07) is 6.98. The van der Waals surface area contributed by atoms with Crippen molar-refractivity contribution in [3.63, 3.8) is 0 Å². The quantitative estimate of drug-likeness (QED) is 0.848. The van der Waals surface area contributed by atoms with Gasteiger partial charge in [0.25, 0.3) is 5.91 Å². The first-order chi connectivity index (χ1) is 9.11. The molecule has 2 aromatic rings. The van der Waals surface area contributed by atoms with Crippen molar-refractivity contribution in [2.75, 3.05) is 5.73 Å². The fourth-order valence-corrected chi connectivity index (χ4v) is 2.91. The molecule has 100 valence electrons. The number of thiophene rings is 1. The highest BCUT2D eigenvalue weighted by Crippen LogP contribution is 2.19. The van der Waals surface area contributed by atoms with Crippen molar-refractivity contribution in [3.8, 4) is 0 Å². The van der Waals surface area contributed by atoms with E-state index in [1.165, 1.54) is 10.4 Å². The SMILES string of the molecule is CCc1ccsc1CNC(=O)c1cc(Cl)ccc1N. The molecule has 0 bridgehead atoms. The van der Waals surface area contributed by atoms with Crippen LogP contribution in [0.15, 0.2) is 29.6 Å². The molecule has 3 N–H and O–H groups in total. The lowest BCUT2D eigenvalue weighted by Gasteiger charge is -2.08. The number of nitrogens with one attached hydrogen (secondary N) is 1.